The first kappa shape index (κ1) is 19.2. The van der Waals surface area contributed by atoms with Crippen LogP contribution in [0.1, 0.15) is 58.4 Å². The van der Waals surface area contributed by atoms with Crippen molar-refractivity contribution in [3.8, 4) is 0 Å². The van der Waals surface area contributed by atoms with Gasteiger partial charge in [-0.2, -0.15) is 5.10 Å². The van der Waals surface area contributed by atoms with Crippen molar-refractivity contribution in [2.45, 2.75) is 59.8 Å². The molecule has 2 amide bonds. The minimum Gasteiger partial charge on any atom is -0.318 e. The molecule has 0 spiro atoms. The van der Waals surface area contributed by atoms with Gasteiger partial charge in [-0.05, 0) is 56.1 Å². The van der Waals surface area contributed by atoms with E-state index in [9.17, 15) is 9.59 Å². The first-order valence-corrected chi connectivity index (χ1v) is 9.05. The molecule has 0 bridgehead atoms. The van der Waals surface area contributed by atoms with Gasteiger partial charge in [0.2, 0.25) is 0 Å². The summed E-state index contributed by atoms with van der Waals surface area (Å²) in [5, 5.41) is 6.73. The van der Waals surface area contributed by atoms with Crippen LogP contribution in [0.4, 0.5) is 5.69 Å². The van der Waals surface area contributed by atoms with Gasteiger partial charge in [-0.3, -0.25) is 9.59 Å². The maximum absolute atomic E-state index is 11.9. The van der Waals surface area contributed by atoms with Crippen molar-refractivity contribution in [3.63, 3.8) is 0 Å². The number of carbonyl (C=O) groups excluding carboxylic acids is 2. The molecule has 0 radical (unpaired) electrons. The Morgan fingerprint density at radius 3 is 2.28 bits per heavy atom. The Labute approximate surface area is 150 Å². The maximum Gasteiger partial charge on any atom is 0.329 e. The number of anilines is 1. The average molecular weight is 343 g/mol. The van der Waals surface area contributed by atoms with Crippen molar-refractivity contribution in [3.05, 3.63) is 29.8 Å². The number of carbonyl (C=O) groups is 2. The number of hydrazone groups is 1. The highest BCUT2D eigenvalue weighted by Gasteiger charge is 2.30. The van der Waals surface area contributed by atoms with Crippen molar-refractivity contribution < 1.29 is 9.59 Å². The molecule has 0 saturated heterocycles. The lowest BCUT2D eigenvalue weighted by Crippen LogP contribution is -2.34. The number of benzene rings is 1. The van der Waals surface area contributed by atoms with E-state index < -0.39 is 11.8 Å². The first-order valence-electron chi connectivity index (χ1n) is 9.05. The summed E-state index contributed by atoms with van der Waals surface area (Å²) in [6.07, 6.45) is 5.11. The highest BCUT2D eigenvalue weighted by Crippen LogP contribution is 2.39. The van der Waals surface area contributed by atoms with Gasteiger partial charge >= 0.3 is 11.8 Å². The van der Waals surface area contributed by atoms with Gasteiger partial charge in [0.25, 0.3) is 0 Å². The predicted octanol–water partition coefficient (Wildman–Crippen LogP) is 4.03. The lowest BCUT2D eigenvalue weighted by Gasteiger charge is -2.36. The van der Waals surface area contributed by atoms with Crippen LogP contribution in [0.25, 0.3) is 0 Å². The van der Waals surface area contributed by atoms with Crippen molar-refractivity contribution >= 4 is 23.2 Å². The number of aryl methyl sites for hydroxylation is 1. The van der Waals surface area contributed by atoms with Gasteiger partial charge < -0.3 is 5.32 Å². The molecular formula is C20H29N3O2. The normalized spacial score (nSPS) is 17.8. The second kappa shape index (κ2) is 8.28. The summed E-state index contributed by atoms with van der Waals surface area (Å²) < 4.78 is 0. The summed E-state index contributed by atoms with van der Waals surface area (Å²) in [5.74, 6) is -0.741. The fourth-order valence-corrected chi connectivity index (χ4v) is 3.14. The molecule has 1 aliphatic carbocycles. The molecule has 0 atom stereocenters. The summed E-state index contributed by atoms with van der Waals surface area (Å²) in [7, 11) is 0. The smallest absolute Gasteiger partial charge is 0.318 e. The third-order valence-electron chi connectivity index (χ3n) is 5.41. The molecule has 5 heteroatoms. The Morgan fingerprint density at radius 2 is 1.72 bits per heavy atom. The van der Waals surface area contributed by atoms with Gasteiger partial charge in [0.05, 0.1) is 0 Å². The minimum absolute atomic E-state index is 0.350. The highest BCUT2D eigenvalue weighted by molar-refractivity contribution is 6.39. The number of nitrogens with one attached hydrogen (secondary N) is 2. The fraction of sp³-hybridized carbons (Fsp3) is 0.550. The Kier molecular flexibility index (Phi) is 6.34. The second-order valence-corrected chi connectivity index (χ2v) is 7.56. The van der Waals surface area contributed by atoms with E-state index in [0.29, 0.717) is 17.0 Å². The Morgan fingerprint density at radius 1 is 1.12 bits per heavy atom. The SMILES string of the molecule is CCC(C)(C)C1CCC(=NNC(=O)C(=O)Nc2ccc(C)cc2)CC1. The van der Waals surface area contributed by atoms with E-state index in [1.54, 1.807) is 12.1 Å². The lowest BCUT2D eigenvalue weighted by atomic mass is 9.69. The van der Waals surface area contributed by atoms with Crippen molar-refractivity contribution in [2.75, 3.05) is 5.32 Å². The van der Waals surface area contributed by atoms with Crippen molar-refractivity contribution in [1.82, 2.24) is 5.43 Å². The zero-order valence-electron chi connectivity index (χ0n) is 15.7. The maximum atomic E-state index is 11.9. The number of rotatable bonds is 4. The van der Waals surface area contributed by atoms with Crippen LogP contribution in [0.3, 0.4) is 0 Å². The monoisotopic (exact) mass is 343 g/mol. The predicted molar refractivity (Wildman–Crippen MR) is 101 cm³/mol. The molecule has 136 valence electrons. The zero-order chi connectivity index (χ0) is 18.4. The molecule has 0 aliphatic heterocycles. The van der Waals surface area contributed by atoms with Crippen LogP contribution in [0, 0.1) is 18.3 Å². The molecule has 2 N–H and O–H groups in total. The highest BCUT2D eigenvalue weighted by atomic mass is 16.2. The quantitative estimate of drug-likeness (QED) is 0.640. The standard InChI is InChI=1S/C20H29N3O2/c1-5-20(3,4)15-8-12-17(13-9-15)22-23-19(25)18(24)21-16-10-6-14(2)7-11-16/h6-7,10-11,15H,5,8-9,12-13H2,1-4H3,(H,21,24)(H,23,25). The van der Waals surface area contributed by atoms with Crippen LogP contribution < -0.4 is 10.7 Å². The summed E-state index contributed by atoms with van der Waals surface area (Å²) in [6, 6.07) is 7.29. The third-order valence-corrected chi connectivity index (χ3v) is 5.41. The minimum atomic E-state index is -0.732. The second-order valence-electron chi connectivity index (χ2n) is 7.56. The fourth-order valence-electron chi connectivity index (χ4n) is 3.14. The van der Waals surface area contributed by atoms with Gasteiger partial charge in [-0.15, -0.1) is 0 Å². The summed E-state index contributed by atoms with van der Waals surface area (Å²) in [5.41, 5.74) is 5.40. The van der Waals surface area contributed by atoms with Crippen LogP contribution in [0.5, 0.6) is 0 Å². The first-order chi connectivity index (χ1) is 11.8. The van der Waals surface area contributed by atoms with Crippen LogP contribution in [-0.2, 0) is 9.59 Å². The summed E-state index contributed by atoms with van der Waals surface area (Å²) in [4.78, 5) is 23.8. The molecule has 1 aromatic rings. The van der Waals surface area contributed by atoms with Gasteiger partial charge in [-0.1, -0.05) is 44.9 Å². The molecule has 1 aromatic carbocycles. The van der Waals surface area contributed by atoms with E-state index in [1.807, 2.05) is 19.1 Å². The molecule has 25 heavy (non-hydrogen) atoms. The van der Waals surface area contributed by atoms with E-state index in [0.717, 1.165) is 37.0 Å². The summed E-state index contributed by atoms with van der Waals surface area (Å²) in [6.45, 7) is 8.83. The molecule has 0 heterocycles. The van der Waals surface area contributed by atoms with Crippen LogP contribution in [0.15, 0.2) is 29.4 Å². The zero-order valence-corrected chi connectivity index (χ0v) is 15.7. The van der Waals surface area contributed by atoms with E-state index in [2.05, 4.69) is 36.6 Å². The van der Waals surface area contributed by atoms with E-state index in [1.165, 1.54) is 6.42 Å². The molecule has 5 nitrogen and oxygen atoms in total. The molecule has 2 rings (SSSR count). The number of hydrogen-bond donors (Lipinski definition) is 2. The third kappa shape index (κ3) is 5.41. The summed E-state index contributed by atoms with van der Waals surface area (Å²) >= 11 is 0. The average Bonchev–Trinajstić information content (AvgIpc) is 2.62. The van der Waals surface area contributed by atoms with E-state index in [-0.39, 0.29) is 0 Å². The Bertz CT molecular complexity index is 637. The topological polar surface area (TPSA) is 70.6 Å². The van der Waals surface area contributed by atoms with Crippen LogP contribution in [0.2, 0.25) is 0 Å². The molecule has 1 aliphatic rings. The Balaban J connectivity index is 1.82. The largest absolute Gasteiger partial charge is 0.329 e. The number of nitrogens with zero attached hydrogens (tertiary/aromatic N) is 1. The molecular weight excluding hydrogens is 314 g/mol. The Hall–Kier alpha value is -2.17. The van der Waals surface area contributed by atoms with Gasteiger partial charge in [-0.25, -0.2) is 5.43 Å². The van der Waals surface area contributed by atoms with Gasteiger partial charge in [0, 0.05) is 11.4 Å². The van der Waals surface area contributed by atoms with E-state index >= 15 is 0 Å². The van der Waals surface area contributed by atoms with Crippen LogP contribution >= 0.6 is 0 Å². The van der Waals surface area contributed by atoms with Gasteiger partial charge in [0.1, 0.15) is 0 Å². The molecule has 1 saturated carbocycles. The van der Waals surface area contributed by atoms with Crippen molar-refractivity contribution in [2.24, 2.45) is 16.4 Å². The molecule has 0 aromatic heterocycles. The molecule has 0 unspecified atom stereocenters. The molecule has 1 fully saturated rings. The van der Waals surface area contributed by atoms with Crippen molar-refractivity contribution in [1.29, 1.82) is 0 Å². The number of hydrogen-bond acceptors (Lipinski definition) is 3. The van der Waals surface area contributed by atoms with Crippen LogP contribution in [-0.4, -0.2) is 17.5 Å². The lowest BCUT2D eigenvalue weighted by molar-refractivity contribution is -0.136. The van der Waals surface area contributed by atoms with Gasteiger partial charge in [0.15, 0.2) is 0 Å². The number of amides is 2. The van der Waals surface area contributed by atoms with E-state index in [4.69, 9.17) is 0 Å².